The lowest BCUT2D eigenvalue weighted by atomic mass is 9.87. The Morgan fingerprint density at radius 1 is 1.30 bits per heavy atom. The van der Waals surface area contributed by atoms with Gasteiger partial charge in [0.05, 0.1) is 0 Å². The number of hydrogen-bond acceptors (Lipinski definition) is 4. The predicted molar refractivity (Wildman–Crippen MR) is 83.7 cm³/mol. The van der Waals surface area contributed by atoms with Gasteiger partial charge in [0, 0.05) is 10.9 Å². The molecule has 2 unspecified atom stereocenters. The number of likely N-dealkylation sites (N-methyl/N-ethyl adjacent to an activating group) is 1. The van der Waals surface area contributed by atoms with E-state index in [2.05, 4.69) is 17.0 Å². The lowest BCUT2D eigenvalue weighted by Crippen LogP contribution is -2.40. The van der Waals surface area contributed by atoms with Gasteiger partial charge in [-0.3, -0.25) is 0 Å². The second-order valence-electron chi connectivity index (χ2n) is 5.56. The molecule has 0 spiro atoms. The normalized spacial score (nSPS) is 23.9. The molecular weight excluding hydrogens is 292 g/mol. The molecule has 0 aliphatic heterocycles. The highest BCUT2D eigenvalue weighted by Crippen LogP contribution is 2.27. The Morgan fingerprint density at radius 2 is 2.05 bits per heavy atom. The Hall–Kier alpha value is -0.430. The van der Waals surface area contributed by atoms with E-state index in [9.17, 15) is 8.42 Å². The van der Waals surface area contributed by atoms with Gasteiger partial charge in [-0.05, 0) is 50.9 Å². The lowest BCUT2D eigenvalue weighted by molar-refractivity contribution is 0.310. The van der Waals surface area contributed by atoms with E-state index in [1.165, 1.54) is 17.8 Å². The zero-order valence-electron chi connectivity index (χ0n) is 12.2. The van der Waals surface area contributed by atoms with Crippen LogP contribution in [0.3, 0.4) is 0 Å². The fourth-order valence-corrected chi connectivity index (χ4v) is 5.38. The monoisotopic (exact) mass is 316 g/mol. The maximum absolute atomic E-state index is 12.4. The molecule has 1 saturated carbocycles. The Kier molecular flexibility index (Phi) is 5.60. The summed E-state index contributed by atoms with van der Waals surface area (Å²) < 4.78 is 28.2. The zero-order chi connectivity index (χ0) is 14.6. The molecule has 0 radical (unpaired) electrons. The first-order chi connectivity index (χ1) is 9.53. The van der Waals surface area contributed by atoms with Crippen molar-refractivity contribution in [3.63, 3.8) is 0 Å². The summed E-state index contributed by atoms with van der Waals surface area (Å²) in [5.41, 5.74) is 0. The molecule has 1 aromatic heterocycles. The van der Waals surface area contributed by atoms with Gasteiger partial charge in [0.25, 0.3) is 0 Å². The minimum Gasteiger partial charge on any atom is -0.319 e. The number of sulfonamides is 1. The number of thiophene rings is 1. The van der Waals surface area contributed by atoms with Crippen molar-refractivity contribution in [1.29, 1.82) is 0 Å². The van der Waals surface area contributed by atoms with Gasteiger partial charge >= 0.3 is 0 Å². The lowest BCUT2D eigenvalue weighted by Gasteiger charge is -2.28. The first kappa shape index (κ1) is 15.9. The van der Waals surface area contributed by atoms with E-state index in [1.807, 2.05) is 13.1 Å². The molecule has 0 aromatic carbocycles. The van der Waals surface area contributed by atoms with Crippen molar-refractivity contribution >= 4 is 21.4 Å². The van der Waals surface area contributed by atoms with Crippen LogP contribution < -0.4 is 10.0 Å². The van der Waals surface area contributed by atoms with E-state index >= 15 is 0 Å². The van der Waals surface area contributed by atoms with Crippen LogP contribution in [-0.4, -0.2) is 28.1 Å². The van der Waals surface area contributed by atoms with Crippen molar-refractivity contribution in [2.45, 2.75) is 49.3 Å². The summed E-state index contributed by atoms with van der Waals surface area (Å²) in [7, 11) is -1.45. The van der Waals surface area contributed by atoms with Crippen molar-refractivity contribution in [2.75, 3.05) is 13.6 Å². The first-order valence-corrected chi connectivity index (χ1v) is 9.58. The summed E-state index contributed by atoms with van der Waals surface area (Å²) in [6.07, 6.45) is 5.28. The maximum atomic E-state index is 12.4. The van der Waals surface area contributed by atoms with Crippen LogP contribution in [0, 0.1) is 5.92 Å². The summed E-state index contributed by atoms with van der Waals surface area (Å²) >= 11 is 1.38. The Morgan fingerprint density at radius 3 is 2.75 bits per heavy atom. The van der Waals surface area contributed by atoms with Gasteiger partial charge in [0.1, 0.15) is 4.21 Å². The highest BCUT2D eigenvalue weighted by molar-refractivity contribution is 7.91. The standard InChI is InChI=1S/C14H24N2O2S2/c1-11-5-3-4-6-13(11)16-20(17,18)14-8-7-12(19-14)9-10-15-2/h7-8,11,13,15-16H,3-6,9-10H2,1-2H3. The Bertz CT molecular complexity index is 525. The maximum Gasteiger partial charge on any atom is 0.250 e. The number of hydrogen-bond donors (Lipinski definition) is 2. The molecule has 0 amide bonds. The van der Waals surface area contributed by atoms with Gasteiger partial charge in [-0.15, -0.1) is 11.3 Å². The summed E-state index contributed by atoms with van der Waals surface area (Å²) in [6, 6.07) is 3.74. The molecule has 1 aliphatic carbocycles. The average molecular weight is 316 g/mol. The Labute approximate surface area is 126 Å². The summed E-state index contributed by atoms with van der Waals surface area (Å²) in [6.45, 7) is 3.01. The molecule has 0 saturated heterocycles. The van der Waals surface area contributed by atoms with Crippen LogP contribution in [0.25, 0.3) is 0 Å². The van der Waals surface area contributed by atoms with E-state index in [0.29, 0.717) is 10.1 Å². The predicted octanol–water partition coefficient (Wildman–Crippen LogP) is 2.37. The minimum atomic E-state index is -3.35. The van der Waals surface area contributed by atoms with Gasteiger partial charge in [0.2, 0.25) is 10.0 Å². The molecule has 6 heteroatoms. The quantitative estimate of drug-likeness (QED) is 0.847. The third-order valence-electron chi connectivity index (χ3n) is 3.94. The van der Waals surface area contributed by atoms with Crippen molar-refractivity contribution < 1.29 is 8.42 Å². The van der Waals surface area contributed by atoms with Crippen LogP contribution in [0.15, 0.2) is 16.3 Å². The summed E-state index contributed by atoms with van der Waals surface area (Å²) in [5, 5.41) is 3.08. The smallest absolute Gasteiger partial charge is 0.250 e. The third-order valence-corrected chi connectivity index (χ3v) is 7.07. The molecule has 114 valence electrons. The van der Waals surface area contributed by atoms with Crippen LogP contribution in [0.1, 0.15) is 37.5 Å². The highest BCUT2D eigenvalue weighted by atomic mass is 32.2. The topological polar surface area (TPSA) is 58.2 Å². The van der Waals surface area contributed by atoms with Gasteiger partial charge < -0.3 is 5.32 Å². The van der Waals surface area contributed by atoms with Crippen LogP contribution in [0.2, 0.25) is 0 Å². The Balaban J connectivity index is 2.03. The van der Waals surface area contributed by atoms with Crippen LogP contribution >= 0.6 is 11.3 Å². The second kappa shape index (κ2) is 7.02. The van der Waals surface area contributed by atoms with E-state index < -0.39 is 10.0 Å². The molecule has 1 fully saturated rings. The third kappa shape index (κ3) is 4.04. The zero-order valence-corrected chi connectivity index (χ0v) is 13.8. The molecule has 0 bridgehead atoms. The van der Waals surface area contributed by atoms with E-state index in [1.54, 1.807) is 6.07 Å². The average Bonchev–Trinajstić information content (AvgIpc) is 2.88. The van der Waals surface area contributed by atoms with Crippen molar-refractivity contribution in [3.05, 3.63) is 17.0 Å². The van der Waals surface area contributed by atoms with Crippen molar-refractivity contribution in [1.82, 2.24) is 10.0 Å². The molecule has 2 atom stereocenters. The molecule has 20 heavy (non-hydrogen) atoms. The molecule has 2 rings (SSSR count). The largest absolute Gasteiger partial charge is 0.319 e. The summed E-state index contributed by atoms with van der Waals surface area (Å²) in [4.78, 5) is 1.11. The van der Waals surface area contributed by atoms with Gasteiger partial charge in [-0.1, -0.05) is 19.8 Å². The van der Waals surface area contributed by atoms with Gasteiger partial charge in [0.15, 0.2) is 0 Å². The van der Waals surface area contributed by atoms with Crippen LogP contribution in [-0.2, 0) is 16.4 Å². The fourth-order valence-electron chi connectivity index (χ4n) is 2.63. The van der Waals surface area contributed by atoms with Crippen LogP contribution in [0.5, 0.6) is 0 Å². The summed E-state index contributed by atoms with van der Waals surface area (Å²) in [5.74, 6) is 0.433. The van der Waals surface area contributed by atoms with Crippen molar-refractivity contribution in [2.24, 2.45) is 5.92 Å². The fraction of sp³-hybridized carbons (Fsp3) is 0.714. The van der Waals surface area contributed by atoms with E-state index in [0.717, 1.165) is 37.1 Å². The molecule has 2 N–H and O–H groups in total. The van der Waals surface area contributed by atoms with E-state index in [4.69, 9.17) is 0 Å². The first-order valence-electron chi connectivity index (χ1n) is 7.28. The van der Waals surface area contributed by atoms with E-state index in [-0.39, 0.29) is 6.04 Å². The highest BCUT2D eigenvalue weighted by Gasteiger charge is 2.27. The molecule has 4 nitrogen and oxygen atoms in total. The number of nitrogens with one attached hydrogen (secondary N) is 2. The SMILES string of the molecule is CNCCc1ccc(S(=O)(=O)NC2CCCCC2C)s1. The molecule has 1 aliphatic rings. The minimum absolute atomic E-state index is 0.0941. The van der Waals surface area contributed by atoms with Crippen molar-refractivity contribution in [3.8, 4) is 0 Å². The molecular formula is C14H24N2O2S2. The molecule has 1 aromatic rings. The van der Waals surface area contributed by atoms with Gasteiger partial charge in [-0.2, -0.15) is 0 Å². The second-order valence-corrected chi connectivity index (χ2v) is 8.67. The molecule has 1 heterocycles. The number of rotatable bonds is 6. The van der Waals surface area contributed by atoms with Crippen LogP contribution in [0.4, 0.5) is 0 Å². The van der Waals surface area contributed by atoms with Gasteiger partial charge in [-0.25, -0.2) is 13.1 Å².